The number of benzene rings is 4. The number of aryl methyl sites for hydroxylation is 1. The fourth-order valence-electron chi connectivity index (χ4n) is 3.44. The van der Waals surface area contributed by atoms with Crippen LogP contribution in [0.2, 0.25) is 0 Å². The molecule has 0 amide bonds. The molecule has 174 valence electrons. The SMILES string of the molecule is COc1ccccc1NS(=O)(=O)c1ccc(-c2ccc(S(=O)(=O)c3ccc(C)cc3)cc2)cc1. The number of nitrogens with one attached hydrogen (secondary N) is 1. The number of sulfone groups is 1. The van der Waals surface area contributed by atoms with Gasteiger partial charge in [-0.05, 0) is 66.6 Å². The zero-order chi connectivity index (χ0) is 24.3. The van der Waals surface area contributed by atoms with Crippen LogP contribution in [0.4, 0.5) is 5.69 Å². The Bertz CT molecular complexity index is 1510. The van der Waals surface area contributed by atoms with E-state index in [1.54, 1.807) is 84.9 Å². The van der Waals surface area contributed by atoms with Gasteiger partial charge in [0.2, 0.25) is 9.84 Å². The minimum atomic E-state index is -3.81. The van der Waals surface area contributed by atoms with Crippen molar-refractivity contribution in [1.82, 2.24) is 0 Å². The van der Waals surface area contributed by atoms with E-state index in [1.165, 1.54) is 19.2 Å². The Morgan fingerprint density at radius 1 is 0.618 bits per heavy atom. The average Bonchev–Trinajstić information content (AvgIpc) is 2.84. The van der Waals surface area contributed by atoms with Crippen molar-refractivity contribution >= 4 is 25.5 Å². The molecule has 0 saturated heterocycles. The van der Waals surface area contributed by atoms with E-state index in [-0.39, 0.29) is 14.7 Å². The second-order valence-electron chi connectivity index (χ2n) is 7.67. The fourth-order valence-corrected chi connectivity index (χ4v) is 5.77. The Balaban J connectivity index is 1.55. The molecule has 0 fully saturated rings. The Morgan fingerprint density at radius 3 is 1.62 bits per heavy atom. The van der Waals surface area contributed by atoms with E-state index < -0.39 is 19.9 Å². The lowest BCUT2D eigenvalue weighted by atomic mass is 10.1. The topological polar surface area (TPSA) is 89.5 Å². The summed E-state index contributed by atoms with van der Waals surface area (Å²) < 4.78 is 59.1. The highest BCUT2D eigenvalue weighted by molar-refractivity contribution is 7.92. The Labute approximate surface area is 199 Å². The van der Waals surface area contributed by atoms with Gasteiger partial charge in [0.15, 0.2) is 0 Å². The molecule has 0 aliphatic heterocycles. The normalized spacial score (nSPS) is 11.7. The third-order valence-corrected chi connectivity index (χ3v) is 8.51. The van der Waals surface area contributed by atoms with Crippen LogP contribution < -0.4 is 9.46 Å². The number of anilines is 1. The zero-order valence-electron chi connectivity index (χ0n) is 18.6. The maximum atomic E-state index is 12.9. The van der Waals surface area contributed by atoms with Gasteiger partial charge in [-0.2, -0.15) is 0 Å². The van der Waals surface area contributed by atoms with Gasteiger partial charge in [0.1, 0.15) is 5.75 Å². The second kappa shape index (κ2) is 9.32. The van der Waals surface area contributed by atoms with Gasteiger partial charge in [-0.1, -0.05) is 54.1 Å². The molecule has 0 saturated carbocycles. The van der Waals surface area contributed by atoms with Crippen molar-refractivity contribution in [3.05, 3.63) is 103 Å². The monoisotopic (exact) mass is 493 g/mol. The molecule has 1 N–H and O–H groups in total. The highest BCUT2D eigenvalue weighted by atomic mass is 32.2. The quantitative estimate of drug-likeness (QED) is 0.377. The third-order valence-electron chi connectivity index (χ3n) is 5.35. The smallest absolute Gasteiger partial charge is 0.262 e. The first kappa shape index (κ1) is 23.5. The number of sulfonamides is 1. The largest absolute Gasteiger partial charge is 0.495 e. The third kappa shape index (κ3) is 4.83. The van der Waals surface area contributed by atoms with E-state index in [9.17, 15) is 16.8 Å². The molecular formula is C26H23NO5S2. The van der Waals surface area contributed by atoms with Crippen LogP contribution in [-0.2, 0) is 19.9 Å². The van der Waals surface area contributed by atoms with E-state index in [0.717, 1.165) is 16.7 Å². The van der Waals surface area contributed by atoms with Crippen molar-refractivity contribution in [1.29, 1.82) is 0 Å². The molecule has 0 unspecified atom stereocenters. The highest BCUT2D eigenvalue weighted by Crippen LogP contribution is 2.28. The predicted octanol–water partition coefficient (Wildman–Crippen LogP) is 5.30. The molecule has 6 nitrogen and oxygen atoms in total. The lowest BCUT2D eigenvalue weighted by Crippen LogP contribution is -2.13. The van der Waals surface area contributed by atoms with Crippen LogP contribution in [0.25, 0.3) is 11.1 Å². The summed E-state index contributed by atoms with van der Waals surface area (Å²) in [6.07, 6.45) is 0. The Morgan fingerprint density at radius 2 is 1.09 bits per heavy atom. The summed E-state index contributed by atoms with van der Waals surface area (Å²) in [5, 5.41) is 0. The summed E-state index contributed by atoms with van der Waals surface area (Å²) >= 11 is 0. The molecule has 0 radical (unpaired) electrons. The minimum absolute atomic E-state index is 0.0979. The molecule has 34 heavy (non-hydrogen) atoms. The van der Waals surface area contributed by atoms with Crippen LogP contribution in [0.3, 0.4) is 0 Å². The number of ether oxygens (including phenoxy) is 1. The summed E-state index contributed by atoms with van der Waals surface area (Å²) in [5.74, 6) is 0.420. The molecule has 4 rings (SSSR count). The van der Waals surface area contributed by atoms with Crippen LogP contribution in [0.1, 0.15) is 5.56 Å². The first-order valence-corrected chi connectivity index (χ1v) is 13.4. The molecule has 0 atom stereocenters. The maximum absolute atomic E-state index is 12.9. The van der Waals surface area contributed by atoms with Gasteiger partial charge < -0.3 is 4.74 Å². The molecule has 0 aliphatic carbocycles. The van der Waals surface area contributed by atoms with Crippen molar-refractivity contribution < 1.29 is 21.6 Å². The summed E-state index contributed by atoms with van der Waals surface area (Å²) in [4.78, 5) is 0.531. The summed E-state index contributed by atoms with van der Waals surface area (Å²) in [7, 11) is -5.96. The van der Waals surface area contributed by atoms with E-state index in [1.807, 2.05) is 6.92 Å². The van der Waals surface area contributed by atoms with Gasteiger partial charge in [0.25, 0.3) is 10.0 Å². The van der Waals surface area contributed by atoms with Crippen LogP contribution in [0, 0.1) is 6.92 Å². The van der Waals surface area contributed by atoms with E-state index in [2.05, 4.69) is 4.72 Å². The Hall–Kier alpha value is -3.62. The van der Waals surface area contributed by atoms with Crippen LogP contribution >= 0.6 is 0 Å². The number of hydrogen-bond donors (Lipinski definition) is 1. The summed E-state index contributed by atoms with van der Waals surface area (Å²) in [5.41, 5.74) is 2.86. The van der Waals surface area contributed by atoms with E-state index >= 15 is 0 Å². The number of rotatable bonds is 7. The van der Waals surface area contributed by atoms with Gasteiger partial charge in [-0.25, -0.2) is 16.8 Å². The van der Waals surface area contributed by atoms with Crippen LogP contribution in [0.15, 0.2) is 112 Å². The molecule has 0 heterocycles. The maximum Gasteiger partial charge on any atom is 0.262 e. The molecule has 0 spiro atoms. The van der Waals surface area contributed by atoms with Crippen LogP contribution in [-0.4, -0.2) is 23.9 Å². The van der Waals surface area contributed by atoms with Gasteiger partial charge >= 0.3 is 0 Å². The first-order valence-electron chi connectivity index (χ1n) is 10.4. The van der Waals surface area contributed by atoms with E-state index in [4.69, 9.17) is 4.74 Å². The average molecular weight is 494 g/mol. The highest BCUT2D eigenvalue weighted by Gasteiger charge is 2.18. The first-order chi connectivity index (χ1) is 16.2. The molecule has 4 aromatic carbocycles. The van der Waals surface area contributed by atoms with Crippen molar-refractivity contribution in [3.63, 3.8) is 0 Å². The van der Waals surface area contributed by atoms with E-state index in [0.29, 0.717) is 11.4 Å². The van der Waals surface area contributed by atoms with Crippen molar-refractivity contribution in [2.75, 3.05) is 11.8 Å². The van der Waals surface area contributed by atoms with Gasteiger partial charge in [0.05, 0.1) is 27.5 Å². The molecule has 0 aromatic heterocycles. The fraction of sp³-hybridized carbons (Fsp3) is 0.0769. The van der Waals surface area contributed by atoms with Gasteiger partial charge in [0, 0.05) is 0 Å². The molecule has 0 bridgehead atoms. The molecular weight excluding hydrogens is 470 g/mol. The van der Waals surface area contributed by atoms with Gasteiger partial charge in [-0.15, -0.1) is 0 Å². The van der Waals surface area contributed by atoms with Crippen molar-refractivity contribution in [2.45, 2.75) is 21.6 Å². The molecule has 0 aliphatic rings. The number of methoxy groups -OCH3 is 1. The second-order valence-corrected chi connectivity index (χ2v) is 11.3. The lowest BCUT2D eigenvalue weighted by molar-refractivity contribution is 0.417. The standard InChI is InChI=1S/C26H23NO5S2/c1-19-7-13-22(14-8-19)33(28,29)23-15-9-20(10-16-23)21-11-17-24(18-12-21)34(30,31)27-25-5-3-4-6-26(25)32-2/h3-18,27H,1-2H3. The molecule has 4 aromatic rings. The summed E-state index contributed by atoms with van der Waals surface area (Å²) in [6, 6.07) is 26.4. The summed E-state index contributed by atoms with van der Waals surface area (Å²) in [6.45, 7) is 1.90. The Kier molecular flexibility index (Phi) is 6.45. The zero-order valence-corrected chi connectivity index (χ0v) is 20.2. The predicted molar refractivity (Wildman–Crippen MR) is 132 cm³/mol. The minimum Gasteiger partial charge on any atom is -0.495 e. The van der Waals surface area contributed by atoms with Crippen molar-refractivity contribution in [2.24, 2.45) is 0 Å². The van der Waals surface area contributed by atoms with Crippen LogP contribution in [0.5, 0.6) is 5.75 Å². The van der Waals surface area contributed by atoms with Crippen molar-refractivity contribution in [3.8, 4) is 16.9 Å². The molecule has 8 heteroatoms. The number of para-hydroxylation sites is 2. The lowest BCUT2D eigenvalue weighted by Gasteiger charge is -2.12. The number of hydrogen-bond acceptors (Lipinski definition) is 5. The van der Waals surface area contributed by atoms with Gasteiger partial charge in [-0.3, -0.25) is 4.72 Å².